The Bertz CT molecular complexity index is 1800. The molecular weight excluding hydrogens is 621 g/mol. The number of nitrogens with one attached hydrogen (secondary N) is 1. The van der Waals surface area contributed by atoms with Gasteiger partial charge in [-0.25, -0.2) is 4.39 Å². The highest BCUT2D eigenvalue weighted by Gasteiger charge is 2.30. The molecule has 244 valence electrons. The number of esters is 1. The molecule has 1 aliphatic carbocycles. The number of aromatic nitrogens is 1. The van der Waals surface area contributed by atoms with E-state index in [2.05, 4.69) is 16.4 Å². The van der Waals surface area contributed by atoms with Crippen LogP contribution in [0.4, 0.5) is 4.39 Å². The fraction of sp³-hybridized carbons (Fsp3) is 0.324. The lowest BCUT2D eigenvalue weighted by Crippen LogP contribution is -2.47. The lowest BCUT2D eigenvalue weighted by Gasteiger charge is -2.26. The number of halogens is 2. The molecule has 1 unspecified atom stereocenters. The van der Waals surface area contributed by atoms with Crippen LogP contribution in [0, 0.1) is 17.1 Å². The number of rotatable bonds is 11. The molecule has 10 heteroatoms. The monoisotopic (exact) mass is 657 g/mol. The normalized spacial score (nSPS) is 15.3. The van der Waals surface area contributed by atoms with Crippen LogP contribution in [0.2, 0.25) is 5.02 Å². The molecule has 1 aliphatic rings. The Labute approximate surface area is 279 Å². The Morgan fingerprint density at radius 3 is 2.62 bits per heavy atom. The first-order chi connectivity index (χ1) is 22.4. The van der Waals surface area contributed by atoms with Crippen LogP contribution < -0.4 is 14.8 Å². The lowest BCUT2D eigenvalue weighted by atomic mass is 9.96. The van der Waals surface area contributed by atoms with Crippen LogP contribution >= 0.6 is 11.6 Å². The molecule has 0 amide bonds. The van der Waals surface area contributed by atoms with Crippen LogP contribution in [0.25, 0.3) is 11.1 Å². The molecule has 4 aromatic rings. The van der Waals surface area contributed by atoms with E-state index < -0.39 is 23.7 Å². The fourth-order valence-electron chi connectivity index (χ4n) is 5.59. The second-order valence-electron chi connectivity index (χ2n) is 12.5. The van der Waals surface area contributed by atoms with Gasteiger partial charge >= 0.3 is 5.97 Å². The third-order valence-corrected chi connectivity index (χ3v) is 8.03. The number of hydrogen-bond acceptors (Lipinski definition) is 8. The molecule has 0 spiro atoms. The number of aliphatic hydroxyl groups excluding tert-OH is 1. The summed E-state index contributed by atoms with van der Waals surface area (Å²) >= 11 is 6.79. The van der Waals surface area contributed by atoms with E-state index >= 15 is 0 Å². The first-order valence-electron chi connectivity index (χ1n) is 15.4. The molecule has 2 N–H and O–H groups in total. The maximum absolute atomic E-state index is 14.7. The van der Waals surface area contributed by atoms with E-state index in [0.29, 0.717) is 51.6 Å². The van der Waals surface area contributed by atoms with E-state index in [1.807, 2.05) is 24.3 Å². The Kier molecular flexibility index (Phi) is 10.5. The summed E-state index contributed by atoms with van der Waals surface area (Å²) in [4.78, 5) is 17.0. The van der Waals surface area contributed by atoms with Crippen molar-refractivity contribution in [3.8, 4) is 28.7 Å². The smallest absolute Gasteiger partial charge is 0.326 e. The van der Waals surface area contributed by atoms with Crippen LogP contribution in [0.15, 0.2) is 73.1 Å². The highest BCUT2D eigenvalue weighted by molar-refractivity contribution is 6.32. The van der Waals surface area contributed by atoms with Gasteiger partial charge in [-0.05, 0) is 75.4 Å². The first kappa shape index (κ1) is 33.9. The molecule has 47 heavy (non-hydrogen) atoms. The van der Waals surface area contributed by atoms with E-state index in [0.717, 1.165) is 16.7 Å². The number of pyridine rings is 1. The molecule has 0 aliphatic heterocycles. The van der Waals surface area contributed by atoms with Gasteiger partial charge in [0.15, 0.2) is 0 Å². The number of nitrogens with zero attached hydrogens (tertiary/aromatic N) is 2. The van der Waals surface area contributed by atoms with Crippen molar-refractivity contribution >= 4 is 17.6 Å². The van der Waals surface area contributed by atoms with Crippen molar-refractivity contribution in [1.29, 1.82) is 5.26 Å². The molecule has 0 saturated carbocycles. The van der Waals surface area contributed by atoms with E-state index in [1.165, 1.54) is 19.2 Å². The summed E-state index contributed by atoms with van der Waals surface area (Å²) in [6.45, 7) is 6.99. The molecule has 0 fully saturated rings. The van der Waals surface area contributed by atoms with Crippen molar-refractivity contribution in [2.75, 3.05) is 0 Å². The summed E-state index contributed by atoms with van der Waals surface area (Å²) < 4.78 is 32.9. The largest absolute Gasteiger partial charge is 0.488 e. The molecule has 8 nitrogen and oxygen atoms in total. The number of carbonyl (C=O) groups excluding carboxylic acids is 1. The topological polar surface area (TPSA) is 114 Å². The summed E-state index contributed by atoms with van der Waals surface area (Å²) in [7, 11) is 0. The first-order valence-corrected chi connectivity index (χ1v) is 15.8. The predicted molar refractivity (Wildman–Crippen MR) is 176 cm³/mol. The minimum Gasteiger partial charge on any atom is -0.488 e. The highest BCUT2D eigenvalue weighted by atomic mass is 35.5. The number of nitriles is 1. The number of hydrogen-bond donors (Lipinski definition) is 2. The number of fused-ring (bicyclic) bond motifs is 1. The lowest BCUT2D eigenvalue weighted by molar-refractivity contribution is -0.160. The Morgan fingerprint density at radius 2 is 1.89 bits per heavy atom. The molecule has 1 aromatic heterocycles. The van der Waals surface area contributed by atoms with Crippen LogP contribution in [0.3, 0.4) is 0 Å². The zero-order valence-corrected chi connectivity index (χ0v) is 27.5. The Morgan fingerprint density at radius 1 is 1.13 bits per heavy atom. The van der Waals surface area contributed by atoms with Gasteiger partial charge < -0.3 is 19.3 Å². The van der Waals surface area contributed by atoms with Gasteiger partial charge in [0.25, 0.3) is 0 Å². The predicted octanol–water partition coefficient (Wildman–Crippen LogP) is 7.24. The van der Waals surface area contributed by atoms with E-state index in [4.69, 9.17) is 25.8 Å². The van der Waals surface area contributed by atoms with Gasteiger partial charge in [-0.3, -0.25) is 15.1 Å². The van der Waals surface area contributed by atoms with Crippen LogP contribution in [-0.4, -0.2) is 33.8 Å². The molecule has 5 rings (SSSR count). The van der Waals surface area contributed by atoms with Gasteiger partial charge in [-0.2, -0.15) is 5.26 Å². The molecule has 0 saturated heterocycles. The van der Waals surface area contributed by atoms with E-state index in [-0.39, 0.29) is 25.1 Å². The summed E-state index contributed by atoms with van der Waals surface area (Å²) in [5, 5.41) is 23.1. The van der Waals surface area contributed by atoms with Gasteiger partial charge in [-0.1, -0.05) is 48.0 Å². The summed E-state index contributed by atoms with van der Waals surface area (Å²) in [6, 6.07) is 18.7. The van der Waals surface area contributed by atoms with Crippen molar-refractivity contribution in [3.63, 3.8) is 0 Å². The SMILES string of the molecule is C[C@@H](O)C(NCc1cc(Cl)c(O[C@H]2CCc3c(-c4ccccc4F)cccc32)cc1OCc1cncc(C#N)c1)C(=O)OC(C)(C)C. The zero-order valence-electron chi connectivity index (χ0n) is 26.7. The highest BCUT2D eigenvalue weighted by Crippen LogP contribution is 2.43. The van der Waals surface area contributed by atoms with Crippen molar-refractivity contribution in [3.05, 3.63) is 112 Å². The maximum Gasteiger partial charge on any atom is 0.326 e. The van der Waals surface area contributed by atoms with Crippen LogP contribution in [0.1, 0.15) is 68.0 Å². The van der Waals surface area contributed by atoms with E-state index in [1.54, 1.807) is 57.3 Å². The quantitative estimate of drug-likeness (QED) is 0.162. The summed E-state index contributed by atoms with van der Waals surface area (Å²) in [5.41, 5.74) is 4.35. The molecule has 0 bridgehead atoms. The van der Waals surface area contributed by atoms with Gasteiger partial charge in [0.1, 0.15) is 47.7 Å². The molecule has 1 heterocycles. The van der Waals surface area contributed by atoms with Crippen molar-refractivity contribution < 1.29 is 28.5 Å². The second-order valence-corrected chi connectivity index (χ2v) is 12.9. The van der Waals surface area contributed by atoms with Gasteiger partial charge in [0, 0.05) is 41.7 Å². The molecule has 3 atom stereocenters. The average Bonchev–Trinajstić information content (AvgIpc) is 3.44. The molecule has 3 aromatic carbocycles. The standard InChI is InChI=1S/C37H37ClFN3O5/c1-22(43)35(36(44)47-37(2,3)4)42-20-25-15-30(38)34(16-33(25)45-21-24-14-23(17-40)18-41-19-24)46-32-13-12-27-26(9-7-10-29(27)32)28-8-5-6-11-31(28)39/h5-11,14-16,18-19,22,32,35,42-43H,12-13,20-21H2,1-4H3/t22-,32+,35?/m1/s1. The number of carbonyl (C=O) groups is 1. The van der Waals surface area contributed by atoms with Gasteiger partial charge in [0.05, 0.1) is 16.7 Å². The number of ether oxygens (including phenoxy) is 3. The molecular formula is C37H37ClFN3O5. The van der Waals surface area contributed by atoms with Crippen molar-refractivity contribution in [2.24, 2.45) is 0 Å². The Balaban J connectivity index is 1.43. The van der Waals surface area contributed by atoms with Gasteiger partial charge in [0.2, 0.25) is 0 Å². The fourth-order valence-corrected chi connectivity index (χ4v) is 5.82. The maximum atomic E-state index is 14.7. The summed E-state index contributed by atoms with van der Waals surface area (Å²) in [5.74, 6) is -0.0526. The minimum absolute atomic E-state index is 0.0980. The van der Waals surface area contributed by atoms with Gasteiger partial charge in [-0.15, -0.1) is 0 Å². The second kappa shape index (κ2) is 14.5. The summed E-state index contributed by atoms with van der Waals surface area (Å²) in [6.07, 6.45) is 3.10. The minimum atomic E-state index is -1.04. The van der Waals surface area contributed by atoms with E-state index in [9.17, 15) is 19.6 Å². The zero-order chi connectivity index (χ0) is 33.7. The Hall–Kier alpha value is -4.49. The van der Waals surface area contributed by atoms with Crippen molar-refractivity contribution in [2.45, 2.75) is 77.5 Å². The third kappa shape index (κ3) is 8.27. The third-order valence-electron chi connectivity index (χ3n) is 7.74. The van der Waals surface area contributed by atoms with Crippen LogP contribution in [-0.2, 0) is 29.1 Å². The van der Waals surface area contributed by atoms with Crippen LogP contribution in [0.5, 0.6) is 11.5 Å². The number of aliphatic hydroxyl groups is 1. The molecule has 0 radical (unpaired) electrons. The van der Waals surface area contributed by atoms with Crippen molar-refractivity contribution in [1.82, 2.24) is 10.3 Å². The number of benzene rings is 3. The average molecular weight is 658 g/mol.